The van der Waals surface area contributed by atoms with E-state index in [0.29, 0.717) is 6.04 Å². The maximum absolute atomic E-state index is 9.70. The summed E-state index contributed by atoms with van der Waals surface area (Å²) in [6, 6.07) is 4.40. The summed E-state index contributed by atoms with van der Waals surface area (Å²) in [6.07, 6.45) is 2.40. The number of rotatable bonds is 9. The number of benzene rings is 1. The summed E-state index contributed by atoms with van der Waals surface area (Å²) in [5, 5.41) is 13.2. The lowest BCUT2D eigenvalue weighted by Gasteiger charge is -2.20. The van der Waals surface area contributed by atoms with Crippen LogP contribution in [0.5, 0.6) is 5.75 Å². The lowest BCUT2D eigenvalue weighted by molar-refractivity contribution is 0.290. The van der Waals surface area contributed by atoms with Crippen molar-refractivity contribution in [3.05, 3.63) is 26.6 Å². The Morgan fingerprint density at radius 2 is 1.76 bits per heavy atom. The van der Waals surface area contributed by atoms with Crippen molar-refractivity contribution in [2.75, 3.05) is 19.6 Å². The molecule has 1 rings (SSSR count). The number of phenolic OH excluding ortho intramolecular Hbond substituents is 1. The molecule has 0 radical (unpaired) electrons. The number of halogens is 2. The minimum atomic E-state index is 0.256. The van der Waals surface area contributed by atoms with E-state index in [2.05, 4.69) is 62.8 Å². The molecule has 1 unspecified atom stereocenters. The van der Waals surface area contributed by atoms with E-state index in [0.717, 1.165) is 34.1 Å². The Labute approximate surface area is 145 Å². The van der Waals surface area contributed by atoms with Gasteiger partial charge < -0.3 is 15.3 Å². The van der Waals surface area contributed by atoms with Crippen LogP contribution in [0.15, 0.2) is 21.1 Å². The molecule has 0 aliphatic carbocycles. The summed E-state index contributed by atoms with van der Waals surface area (Å²) in [6.45, 7) is 10.9. The molecule has 0 aromatic heterocycles. The molecule has 21 heavy (non-hydrogen) atoms. The van der Waals surface area contributed by atoms with Crippen LogP contribution >= 0.6 is 31.9 Å². The van der Waals surface area contributed by atoms with Gasteiger partial charge in [-0.15, -0.1) is 0 Å². The summed E-state index contributed by atoms with van der Waals surface area (Å²) in [5.74, 6) is 0.256. The highest BCUT2D eigenvalue weighted by molar-refractivity contribution is 9.11. The van der Waals surface area contributed by atoms with Crippen LogP contribution in [0.25, 0.3) is 0 Å². The molecule has 1 aromatic carbocycles. The normalized spacial score (nSPS) is 12.9. The first-order valence-electron chi connectivity index (χ1n) is 7.60. The van der Waals surface area contributed by atoms with Crippen molar-refractivity contribution in [3.8, 4) is 5.75 Å². The second-order valence-electron chi connectivity index (χ2n) is 5.36. The molecule has 3 nitrogen and oxygen atoms in total. The summed E-state index contributed by atoms with van der Waals surface area (Å²) in [4.78, 5) is 2.46. The quantitative estimate of drug-likeness (QED) is 0.615. The fourth-order valence-electron chi connectivity index (χ4n) is 2.28. The smallest absolute Gasteiger partial charge is 0.143 e. The van der Waals surface area contributed by atoms with Crippen LogP contribution in [-0.4, -0.2) is 35.7 Å². The number of hydrogen-bond donors (Lipinski definition) is 2. The molecule has 0 fully saturated rings. The molecule has 1 atom stereocenters. The van der Waals surface area contributed by atoms with Crippen molar-refractivity contribution in [3.63, 3.8) is 0 Å². The molecule has 2 N–H and O–H groups in total. The van der Waals surface area contributed by atoms with Crippen molar-refractivity contribution >= 4 is 31.9 Å². The fourth-order valence-corrected chi connectivity index (χ4v) is 3.56. The average molecular weight is 422 g/mol. The van der Waals surface area contributed by atoms with Crippen LogP contribution in [0.2, 0.25) is 0 Å². The minimum absolute atomic E-state index is 0.256. The maximum atomic E-state index is 9.70. The van der Waals surface area contributed by atoms with Crippen molar-refractivity contribution < 1.29 is 5.11 Å². The summed E-state index contributed by atoms with van der Waals surface area (Å²) < 4.78 is 1.45. The molecule has 0 aliphatic rings. The van der Waals surface area contributed by atoms with Gasteiger partial charge >= 0.3 is 0 Å². The topological polar surface area (TPSA) is 35.5 Å². The summed E-state index contributed by atoms with van der Waals surface area (Å²) in [7, 11) is 0. The number of nitrogens with zero attached hydrogens (tertiary/aromatic N) is 1. The van der Waals surface area contributed by atoms with Crippen molar-refractivity contribution in [1.82, 2.24) is 10.2 Å². The molecule has 0 aliphatic heterocycles. The first kappa shape index (κ1) is 18.9. The largest absolute Gasteiger partial charge is 0.506 e. The van der Waals surface area contributed by atoms with E-state index < -0.39 is 0 Å². The third-order valence-electron chi connectivity index (χ3n) is 3.74. The molecule has 0 saturated carbocycles. The van der Waals surface area contributed by atoms with Gasteiger partial charge in [-0.05, 0) is 89.0 Å². The maximum Gasteiger partial charge on any atom is 0.143 e. The van der Waals surface area contributed by atoms with Gasteiger partial charge in [-0.2, -0.15) is 0 Å². The minimum Gasteiger partial charge on any atom is -0.506 e. The van der Waals surface area contributed by atoms with E-state index in [1.807, 2.05) is 12.1 Å². The summed E-state index contributed by atoms with van der Waals surface area (Å²) >= 11 is 6.73. The van der Waals surface area contributed by atoms with E-state index in [9.17, 15) is 5.11 Å². The van der Waals surface area contributed by atoms with Crippen molar-refractivity contribution in [2.45, 2.75) is 46.2 Å². The van der Waals surface area contributed by atoms with Gasteiger partial charge in [0.2, 0.25) is 0 Å². The monoisotopic (exact) mass is 420 g/mol. The predicted octanol–water partition coefficient (Wildman–Crippen LogP) is 4.52. The fraction of sp³-hybridized carbons (Fsp3) is 0.625. The Balaban J connectivity index is 2.34. The van der Waals surface area contributed by atoms with Crippen LogP contribution in [-0.2, 0) is 6.54 Å². The molecule has 120 valence electrons. The van der Waals surface area contributed by atoms with Gasteiger partial charge in [0, 0.05) is 12.6 Å². The van der Waals surface area contributed by atoms with Crippen LogP contribution < -0.4 is 5.32 Å². The number of phenols is 1. The van der Waals surface area contributed by atoms with Gasteiger partial charge in [-0.1, -0.05) is 13.8 Å². The molecular formula is C16H26Br2N2O. The van der Waals surface area contributed by atoms with Crippen molar-refractivity contribution in [2.24, 2.45) is 0 Å². The third-order valence-corrected chi connectivity index (χ3v) is 4.95. The predicted molar refractivity (Wildman–Crippen MR) is 96.8 cm³/mol. The second-order valence-corrected chi connectivity index (χ2v) is 7.07. The molecule has 5 heteroatoms. The van der Waals surface area contributed by atoms with Crippen molar-refractivity contribution in [1.29, 1.82) is 0 Å². The Kier molecular flexibility index (Phi) is 8.86. The van der Waals surface area contributed by atoms with E-state index >= 15 is 0 Å². The summed E-state index contributed by atoms with van der Waals surface area (Å²) in [5.41, 5.74) is 1.15. The number of aromatic hydroxyl groups is 1. The Morgan fingerprint density at radius 3 is 2.29 bits per heavy atom. The van der Waals surface area contributed by atoms with E-state index in [1.165, 1.54) is 19.4 Å². The van der Waals surface area contributed by atoms with Gasteiger partial charge in [-0.25, -0.2) is 0 Å². The molecule has 0 spiro atoms. The standard InChI is InChI=1S/C16H26Br2N2O/c1-4-20(5-2)8-6-7-12(3)19-11-13-9-14(17)16(21)15(18)10-13/h9-10,12,19,21H,4-8,11H2,1-3H3. The highest BCUT2D eigenvalue weighted by Gasteiger charge is 2.08. The number of nitrogens with one attached hydrogen (secondary N) is 1. The zero-order valence-electron chi connectivity index (χ0n) is 13.1. The SMILES string of the molecule is CCN(CC)CCCC(C)NCc1cc(Br)c(O)c(Br)c1. The Morgan fingerprint density at radius 1 is 1.19 bits per heavy atom. The zero-order chi connectivity index (χ0) is 15.8. The zero-order valence-corrected chi connectivity index (χ0v) is 16.3. The van der Waals surface area contributed by atoms with E-state index in [-0.39, 0.29) is 5.75 Å². The van der Waals surface area contributed by atoms with Crippen LogP contribution in [0.3, 0.4) is 0 Å². The lowest BCUT2D eigenvalue weighted by Crippen LogP contribution is -2.28. The van der Waals surface area contributed by atoms with Crippen LogP contribution in [0, 0.1) is 0 Å². The highest BCUT2D eigenvalue weighted by atomic mass is 79.9. The Hall–Kier alpha value is -0.100. The molecule has 0 saturated heterocycles. The van der Waals surface area contributed by atoms with E-state index in [4.69, 9.17) is 0 Å². The molecule has 0 bridgehead atoms. The molecular weight excluding hydrogens is 396 g/mol. The third kappa shape index (κ3) is 6.68. The van der Waals surface area contributed by atoms with E-state index in [1.54, 1.807) is 0 Å². The highest BCUT2D eigenvalue weighted by Crippen LogP contribution is 2.33. The number of hydrogen-bond acceptors (Lipinski definition) is 3. The van der Waals surface area contributed by atoms with Gasteiger partial charge in [-0.3, -0.25) is 0 Å². The van der Waals surface area contributed by atoms with Gasteiger partial charge in [0.1, 0.15) is 5.75 Å². The van der Waals surface area contributed by atoms with Gasteiger partial charge in [0.25, 0.3) is 0 Å². The average Bonchev–Trinajstić information content (AvgIpc) is 2.47. The van der Waals surface area contributed by atoms with Crippen LogP contribution in [0.4, 0.5) is 0 Å². The van der Waals surface area contributed by atoms with Gasteiger partial charge in [0.05, 0.1) is 8.95 Å². The molecule has 1 aromatic rings. The van der Waals surface area contributed by atoms with Crippen LogP contribution in [0.1, 0.15) is 39.2 Å². The molecule has 0 heterocycles. The Bertz CT molecular complexity index is 413. The second kappa shape index (κ2) is 9.82. The first-order valence-corrected chi connectivity index (χ1v) is 9.19. The van der Waals surface area contributed by atoms with Gasteiger partial charge in [0.15, 0.2) is 0 Å². The molecule has 0 amide bonds. The first-order chi connectivity index (χ1) is 9.97. The lowest BCUT2D eigenvalue weighted by atomic mass is 10.1.